The van der Waals surface area contributed by atoms with Crippen LogP contribution in [0.1, 0.15) is 6.92 Å². The van der Waals surface area contributed by atoms with Gasteiger partial charge in [0.1, 0.15) is 4.70 Å². The van der Waals surface area contributed by atoms with Crippen LogP contribution in [0.25, 0.3) is 10.1 Å². The molecule has 0 aliphatic rings. The van der Waals surface area contributed by atoms with E-state index < -0.39 is 28.3 Å². The first kappa shape index (κ1) is 13.9. The molecule has 1 aromatic carbocycles. The minimum Gasteiger partial charge on any atom is -0.504 e. The van der Waals surface area contributed by atoms with Crippen LogP contribution in [-0.4, -0.2) is 27.9 Å². The fraction of sp³-hybridized carbons (Fsp3) is 0.182. The summed E-state index contributed by atoms with van der Waals surface area (Å²) in [5, 5.41) is 30.2. The number of thiophene rings is 1. The second kappa shape index (κ2) is 5.21. The number of nitro groups is 1. The van der Waals surface area contributed by atoms with E-state index in [1.165, 1.54) is 6.07 Å². The molecule has 2 N–H and O–H groups in total. The summed E-state index contributed by atoms with van der Waals surface area (Å²) >= 11 is 0.793. The molecule has 0 spiro atoms. The monoisotopic (exact) mass is 299 g/mol. The Balaban J connectivity index is 2.51. The molecule has 9 heteroatoms. The molecule has 0 unspecified atom stereocenters. The molecule has 0 bridgehead atoms. The van der Waals surface area contributed by atoms with Gasteiger partial charge in [0.05, 0.1) is 11.5 Å². The lowest BCUT2D eigenvalue weighted by molar-refractivity contribution is -0.383. The number of rotatable bonds is 3. The van der Waals surface area contributed by atoms with Crippen molar-refractivity contribution < 1.29 is 29.4 Å². The molecule has 0 radical (unpaired) electrons. The molecule has 0 saturated heterocycles. The average molecular weight is 299 g/mol. The summed E-state index contributed by atoms with van der Waals surface area (Å²) in [4.78, 5) is 21.3. The number of aromatic hydroxyl groups is 2. The van der Waals surface area contributed by atoms with Crippen molar-refractivity contribution in [1.29, 1.82) is 0 Å². The van der Waals surface area contributed by atoms with Crippen LogP contribution in [-0.2, 0) is 4.74 Å². The number of phenols is 2. The first-order valence-electron chi connectivity index (χ1n) is 5.41. The van der Waals surface area contributed by atoms with Crippen LogP contribution in [0.5, 0.6) is 16.6 Å². The number of benzene rings is 1. The minimum absolute atomic E-state index is 0.0616. The zero-order valence-corrected chi connectivity index (χ0v) is 11.0. The van der Waals surface area contributed by atoms with E-state index in [-0.39, 0.29) is 21.8 Å². The third kappa shape index (κ3) is 2.43. The van der Waals surface area contributed by atoms with E-state index in [0.29, 0.717) is 0 Å². The Bertz CT molecular complexity index is 694. The molecule has 2 aromatic rings. The molecular formula is C11H9NO7S. The predicted molar refractivity (Wildman–Crippen MR) is 69.5 cm³/mol. The number of hydrogen-bond acceptors (Lipinski definition) is 8. The second-order valence-electron chi connectivity index (χ2n) is 3.62. The van der Waals surface area contributed by atoms with Gasteiger partial charge in [0.2, 0.25) is 5.75 Å². The van der Waals surface area contributed by atoms with Crippen molar-refractivity contribution in [3.05, 3.63) is 22.2 Å². The first-order valence-corrected chi connectivity index (χ1v) is 6.23. The fourth-order valence-electron chi connectivity index (χ4n) is 1.57. The molecule has 2 rings (SSSR count). The summed E-state index contributed by atoms with van der Waals surface area (Å²) in [7, 11) is 0. The number of nitrogens with zero attached hydrogens (tertiary/aromatic N) is 1. The van der Waals surface area contributed by atoms with Gasteiger partial charge in [-0.2, -0.15) is 0 Å². The number of hydrogen-bond donors (Lipinski definition) is 2. The lowest BCUT2D eigenvalue weighted by Gasteiger charge is -1.99. The van der Waals surface area contributed by atoms with Crippen molar-refractivity contribution in [2.45, 2.75) is 6.92 Å². The van der Waals surface area contributed by atoms with Crippen molar-refractivity contribution in [3.8, 4) is 16.6 Å². The van der Waals surface area contributed by atoms with Crippen molar-refractivity contribution >= 4 is 33.3 Å². The Morgan fingerprint density at radius 1 is 1.45 bits per heavy atom. The predicted octanol–water partition coefficient (Wildman–Crippen LogP) is 2.76. The summed E-state index contributed by atoms with van der Waals surface area (Å²) in [6.07, 6.45) is -0.935. The van der Waals surface area contributed by atoms with Crippen LogP contribution >= 0.6 is 11.3 Å². The Morgan fingerprint density at radius 2 is 2.15 bits per heavy atom. The third-order valence-electron chi connectivity index (χ3n) is 2.34. The van der Waals surface area contributed by atoms with E-state index in [1.807, 2.05) is 0 Å². The third-order valence-corrected chi connectivity index (χ3v) is 3.38. The maximum Gasteiger partial charge on any atom is 0.514 e. The van der Waals surface area contributed by atoms with Gasteiger partial charge in [-0.3, -0.25) is 10.1 Å². The molecule has 0 amide bonds. The van der Waals surface area contributed by atoms with Gasteiger partial charge in [0.25, 0.3) is 0 Å². The van der Waals surface area contributed by atoms with Gasteiger partial charge >= 0.3 is 11.8 Å². The standard InChI is InChI=1S/C11H9NO7S/c1-2-18-11(15)19-7-4-5-3-6(13)9(14)8(12(16)17)10(5)20-7/h3-4,13-14H,2H2,1H3. The fourth-order valence-corrected chi connectivity index (χ4v) is 2.57. The average Bonchev–Trinajstić information content (AvgIpc) is 2.71. The van der Waals surface area contributed by atoms with Crippen LogP contribution in [0.4, 0.5) is 10.5 Å². The number of carbonyl (C=O) groups excluding carboxylic acids is 1. The number of ether oxygens (including phenoxy) is 2. The van der Waals surface area contributed by atoms with Crippen LogP contribution < -0.4 is 4.74 Å². The molecule has 0 aliphatic heterocycles. The number of carbonyl (C=O) groups is 1. The Labute approximate surface area is 115 Å². The van der Waals surface area contributed by atoms with Gasteiger partial charge in [0.15, 0.2) is 10.8 Å². The van der Waals surface area contributed by atoms with Crippen molar-refractivity contribution in [2.24, 2.45) is 0 Å². The molecule has 20 heavy (non-hydrogen) atoms. The molecule has 0 atom stereocenters. The largest absolute Gasteiger partial charge is 0.514 e. The van der Waals surface area contributed by atoms with Crippen LogP contribution in [0.15, 0.2) is 12.1 Å². The smallest absolute Gasteiger partial charge is 0.504 e. The van der Waals surface area contributed by atoms with E-state index in [4.69, 9.17) is 4.74 Å². The highest BCUT2D eigenvalue weighted by Gasteiger charge is 2.25. The van der Waals surface area contributed by atoms with E-state index in [0.717, 1.165) is 17.4 Å². The minimum atomic E-state index is -0.935. The SMILES string of the molecule is CCOC(=O)Oc1cc2cc(O)c(O)c([N+](=O)[O-])c2s1. The summed E-state index contributed by atoms with van der Waals surface area (Å²) < 4.78 is 9.49. The van der Waals surface area contributed by atoms with Gasteiger partial charge in [-0.1, -0.05) is 11.3 Å². The maximum atomic E-state index is 11.2. The maximum absolute atomic E-state index is 11.2. The van der Waals surface area contributed by atoms with Gasteiger partial charge < -0.3 is 19.7 Å². The van der Waals surface area contributed by atoms with E-state index in [9.17, 15) is 25.1 Å². The lowest BCUT2D eigenvalue weighted by atomic mass is 10.2. The van der Waals surface area contributed by atoms with Crippen LogP contribution in [0, 0.1) is 10.1 Å². The Hall–Kier alpha value is -2.55. The second-order valence-corrected chi connectivity index (χ2v) is 4.63. The highest BCUT2D eigenvalue weighted by atomic mass is 32.1. The van der Waals surface area contributed by atoms with E-state index >= 15 is 0 Å². The summed E-state index contributed by atoms with van der Waals surface area (Å²) in [5.74, 6) is -1.45. The normalized spacial score (nSPS) is 10.4. The Kier molecular flexibility index (Phi) is 3.61. The number of fused-ring (bicyclic) bond motifs is 1. The Morgan fingerprint density at radius 3 is 2.75 bits per heavy atom. The zero-order chi connectivity index (χ0) is 14.9. The molecule has 8 nitrogen and oxygen atoms in total. The highest BCUT2D eigenvalue weighted by Crippen LogP contribution is 2.46. The topological polar surface area (TPSA) is 119 Å². The zero-order valence-electron chi connectivity index (χ0n) is 10.2. The van der Waals surface area contributed by atoms with Crippen molar-refractivity contribution in [3.63, 3.8) is 0 Å². The van der Waals surface area contributed by atoms with Gasteiger partial charge in [-0.25, -0.2) is 4.79 Å². The summed E-state index contributed by atoms with van der Waals surface area (Å²) in [6.45, 7) is 1.73. The van der Waals surface area contributed by atoms with Gasteiger partial charge in [-0.05, 0) is 13.0 Å². The molecule has 0 fully saturated rings. The number of phenolic OH excluding ortho intramolecular Hbond substituents is 2. The molecule has 106 valence electrons. The molecule has 1 heterocycles. The van der Waals surface area contributed by atoms with Crippen LogP contribution in [0.2, 0.25) is 0 Å². The molecule has 1 aromatic heterocycles. The highest BCUT2D eigenvalue weighted by molar-refractivity contribution is 7.21. The summed E-state index contributed by atoms with van der Waals surface area (Å²) in [5.41, 5.74) is -0.635. The van der Waals surface area contributed by atoms with E-state index in [1.54, 1.807) is 6.92 Å². The molecular weight excluding hydrogens is 290 g/mol. The van der Waals surface area contributed by atoms with Gasteiger partial charge in [0, 0.05) is 11.5 Å². The molecule has 0 aliphatic carbocycles. The summed E-state index contributed by atoms with van der Waals surface area (Å²) in [6, 6.07) is 2.48. The quantitative estimate of drug-likeness (QED) is 0.387. The first-order chi connectivity index (χ1) is 9.43. The van der Waals surface area contributed by atoms with Crippen LogP contribution in [0.3, 0.4) is 0 Å². The number of nitro benzene ring substituents is 1. The lowest BCUT2D eigenvalue weighted by Crippen LogP contribution is -2.08. The van der Waals surface area contributed by atoms with Crippen molar-refractivity contribution in [1.82, 2.24) is 0 Å². The van der Waals surface area contributed by atoms with Crippen molar-refractivity contribution in [2.75, 3.05) is 6.61 Å². The van der Waals surface area contributed by atoms with Gasteiger partial charge in [-0.15, -0.1) is 0 Å². The van der Waals surface area contributed by atoms with E-state index in [2.05, 4.69) is 4.74 Å². The molecule has 0 saturated carbocycles.